The maximum atomic E-state index is 13.7. The average molecular weight is 300 g/mol. The normalized spacial score (nSPS) is 10.3. The fraction of sp³-hybridized carbons (Fsp3) is 0.429. The molecular formula is C14H18F2N2O3. The molecule has 1 aromatic carbocycles. The Morgan fingerprint density at radius 2 is 1.90 bits per heavy atom. The van der Waals surface area contributed by atoms with Gasteiger partial charge < -0.3 is 15.0 Å². The highest BCUT2D eigenvalue weighted by atomic mass is 19.1. The number of benzene rings is 1. The molecule has 2 amide bonds. The predicted octanol–water partition coefficient (Wildman–Crippen LogP) is 1.47. The summed E-state index contributed by atoms with van der Waals surface area (Å²) >= 11 is 0. The zero-order valence-corrected chi connectivity index (χ0v) is 12.0. The number of anilines is 1. The molecule has 0 fully saturated rings. The van der Waals surface area contributed by atoms with Gasteiger partial charge >= 0.3 is 0 Å². The van der Waals surface area contributed by atoms with Crippen molar-refractivity contribution >= 4 is 17.5 Å². The van der Waals surface area contributed by atoms with Gasteiger partial charge in [-0.3, -0.25) is 9.59 Å². The Hall–Kier alpha value is -2.02. The van der Waals surface area contributed by atoms with Crippen molar-refractivity contribution in [2.75, 3.05) is 31.7 Å². The number of nitrogens with zero attached hydrogens (tertiary/aromatic N) is 1. The number of halogens is 2. The molecule has 0 aliphatic heterocycles. The van der Waals surface area contributed by atoms with E-state index in [1.165, 1.54) is 20.1 Å². The van der Waals surface area contributed by atoms with Crippen molar-refractivity contribution in [1.82, 2.24) is 5.32 Å². The number of nitrogens with one attached hydrogen (secondary N) is 1. The second-order valence-electron chi connectivity index (χ2n) is 4.33. The molecule has 0 saturated heterocycles. The van der Waals surface area contributed by atoms with Gasteiger partial charge in [0.05, 0.1) is 6.61 Å². The van der Waals surface area contributed by atoms with Gasteiger partial charge in [-0.15, -0.1) is 0 Å². The van der Waals surface area contributed by atoms with Gasteiger partial charge in [-0.25, -0.2) is 8.78 Å². The number of carbonyl (C=O) groups excluding carboxylic acids is 2. The summed E-state index contributed by atoms with van der Waals surface area (Å²) in [5, 5.41) is 2.57. The van der Waals surface area contributed by atoms with Gasteiger partial charge in [0, 0.05) is 33.5 Å². The van der Waals surface area contributed by atoms with Crippen LogP contribution in [0.5, 0.6) is 0 Å². The highest BCUT2D eigenvalue weighted by Gasteiger charge is 2.20. The maximum Gasteiger partial charge on any atom is 0.224 e. The Labute approximate surface area is 121 Å². The minimum atomic E-state index is -0.843. The van der Waals surface area contributed by atoms with E-state index in [2.05, 4.69) is 5.32 Å². The lowest BCUT2D eigenvalue weighted by Crippen LogP contribution is -2.35. The molecule has 1 aromatic rings. The highest BCUT2D eigenvalue weighted by molar-refractivity contribution is 5.92. The van der Waals surface area contributed by atoms with E-state index in [1.54, 1.807) is 0 Å². The van der Waals surface area contributed by atoms with Crippen molar-refractivity contribution in [3.05, 3.63) is 29.8 Å². The van der Waals surface area contributed by atoms with Gasteiger partial charge in [0.25, 0.3) is 0 Å². The predicted molar refractivity (Wildman–Crippen MR) is 73.9 cm³/mol. The molecular weight excluding hydrogens is 282 g/mol. The number of amides is 2. The third-order valence-electron chi connectivity index (χ3n) is 2.78. The third kappa shape index (κ3) is 5.11. The van der Waals surface area contributed by atoms with Gasteiger partial charge in [0.15, 0.2) is 0 Å². The minimum absolute atomic E-state index is 0.0585. The van der Waals surface area contributed by atoms with E-state index in [0.29, 0.717) is 13.2 Å². The van der Waals surface area contributed by atoms with E-state index in [0.717, 1.165) is 17.0 Å². The van der Waals surface area contributed by atoms with Crippen LogP contribution in [0, 0.1) is 11.6 Å². The molecule has 0 heterocycles. The Morgan fingerprint density at radius 1 is 1.29 bits per heavy atom. The monoisotopic (exact) mass is 300 g/mol. The van der Waals surface area contributed by atoms with Gasteiger partial charge in [-0.1, -0.05) is 6.07 Å². The van der Waals surface area contributed by atoms with Gasteiger partial charge in [-0.05, 0) is 12.1 Å². The Balaban J connectivity index is 2.71. The zero-order chi connectivity index (χ0) is 15.8. The van der Waals surface area contributed by atoms with Crippen molar-refractivity contribution < 1.29 is 23.1 Å². The summed E-state index contributed by atoms with van der Waals surface area (Å²) in [4.78, 5) is 24.0. The summed E-state index contributed by atoms with van der Waals surface area (Å²) in [5.41, 5.74) is -0.435. The van der Waals surface area contributed by atoms with Gasteiger partial charge in [-0.2, -0.15) is 0 Å². The first-order valence-electron chi connectivity index (χ1n) is 6.45. The van der Waals surface area contributed by atoms with Crippen LogP contribution < -0.4 is 10.2 Å². The van der Waals surface area contributed by atoms with Crippen LogP contribution in [0.4, 0.5) is 14.5 Å². The van der Waals surface area contributed by atoms with Crippen LogP contribution in [-0.2, 0) is 14.3 Å². The van der Waals surface area contributed by atoms with Crippen molar-refractivity contribution in [1.29, 1.82) is 0 Å². The number of methoxy groups -OCH3 is 1. The third-order valence-corrected chi connectivity index (χ3v) is 2.78. The fourth-order valence-electron chi connectivity index (χ4n) is 1.77. The number of hydrogen-bond acceptors (Lipinski definition) is 3. The smallest absolute Gasteiger partial charge is 0.224 e. The van der Waals surface area contributed by atoms with Crippen molar-refractivity contribution in [2.24, 2.45) is 0 Å². The Bertz CT molecular complexity index is 489. The Kier molecular flexibility index (Phi) is 6.74. The molecule has 1 rings (SSSR count). The summed E-state index contributed by atoms with van der Waals surface area (Å²) in [7, 11) is 1.50. The first kappa shape index (κ1) is 17.0. The summed E-state index contributed by atoms with van der Waals surface area (Å²) in [6, 6.07) is 3.34. The van der Waals surface area contributed by atoms with Crippen LogP contribution in [0.15, 0.2) is 18.2 Å². The quantitative estimate of drug-likeness (QED) is 0.776. The minimum Gasteiger partial charge on any atom is -0.383 e. The van der Waals surface area contributed by atoms with Gasteiger partial charge in [0.1, 0.15) is 17.3 Å². The molecule has 5 nitrogen and oxygen atoms in total. The lowest BCUT2D eigenvalue weighted by molar-refractivity contribution is -0.121. The van der Waals surface area contributed by atoms with E-state index in [-0.39, 0.29) is 18.9 Å². The first-order chi connectivity index (χ1) is 9.97. The SMILES string of the molecule is COCCNC(=O)CCN(C(C)=O)c1c(F)cccc1F. The van der Waals surface area contributed by atoms with Crippen LogP contribution in [0.2, 0.25) is 0 Å². The molecule has 21 heavy (non-hydrogen) atoms. The van der Waals surface area contributed by atoms with Gasteiger partial charge in [0.2, 0.25) is 11.8 Å². The van der Waals surface area contributed by atoms with E-state index >= 15 is 0 Å². The van der Waals surface area contributed by atoms with E-state index in [1.807, 2.05) is 0 Å². The molecule has 0 radical (unpaired) electrons. The molecule has 0 unspecified atom stereocenters. The maximum absolute atomic E-state index is 13.7. The number of para-hydroxylation sites is 1. The largest absolute Gasteiger partial charge is 0.383 e. The number of hydrogen-bond donors (Lipinski definition) is 1. The summed E-state index contributed by atoms with van der Waals surface area (Å²) in [6.45, 7) is 1.79. The summed E-state index contributed by atoms with van der Waals surface area (Å²) in [5.74, 6) is -2.55. The molecule has 0 atom stereocenters. The average Bonchev–Trinajstić information content (AvgIpc) is 2.41. The molecule has 0 aliphatic carbocycles. The molecule has 1 N–H and O–H groups in total. The van der Waals surface area contributed by atoms with Crippen LogP contribution >= 0.6 is 0 Å². The molecule has 0 saturated carbocycles. The Morgan fingerprint density at radius 3 is 2.43 bits per heavy atom. The number of carbonyl (C=O) groups is 2. The number of ether oxygens (including phenoxy) is 1. The van der Waals surface area contributed by atoms with Crippen LogP contribution in [-0.4, -0.2) is 38.6 Å². The van der Waals surface area contributed by atoms with Crippen molar-refractivity contribution in [3.8, 4) is 0 Å². The zero-order valence-electron chi connectivity index (χ0n) is 12.0. The summed E-state index contributed by atoms with van der Waals surface area (Å²) in [6.07, 6.45) is -0.0585. The molecule has 116 valence electrons. The van der Waals surface area contributed by atoms with E-state index in [9.17, 15) is 18.4 Å². The first-order valence-corrected chi connectivity index (χ1v) is 6.45. The van der Waals surface area contributed by atoms with E-state index in [4.69, 9.17) is 4.74 Å². The summed E-state index contributed by atoms with van der Waals surface area (Å²) < 4.78 is 32.1. The second-order valence-corrected chi connectivity index (χ2v) is 4.33. The number of rotatable bonds is 7. The second kappa shape index (κ2) is 8.31. The molecule has 0 spiro atoms. The molecule has 0 aliphatic rings. The molecule has 0 aromatic heterocycles. The van der Waals surface area contributed by atoms with Crippen LogP contribution in [0.25, 0.3) is 0 Å². The van der Waals surface area contributed by atoms with Crippen LogP contribution in [0.1, 0.15) is 13.3 Å². The van der Waals surface area contributed by atoms with E-state index < -0.39 is 23.2 Å². The molecule has 7 heteroatoms. The van der Waals surface area contributed by atoms with Crippen molar-refractivity contribution in [2.45, 2.75) is 13.3 Å². The standard InChI is InChI=1S/C14H18F2N2O3/c1-10(19)18(8-6-13(20)17-7-9-21-2)14-11(15)4-3-5-12(14)16/h3-5H,6-9H2,1-2H3,(H,17,20). The highest BCUT2D eigenvalue weighted by Crippen LogP contribution is 2.23. The van der Waals surface area contributed by atoms with Crippen molar-refractivity contribution in [3.63, 3.8) is 0 Å². The lowest BCUT2D eigenvalue weighted by Gasteiger charge is -2.22. The topological polar surface area (TPSA) is 58.6 Å². The fourth-order valence-corrected chi connectivity index (χ4v) is 1.77. The molecule has 0 bridgehead atoms. The lowest BCUT2D eigenvalue weighted by atomic mass is 10.2. The van der Waals surface area contributed by atoms with Crippen LogP contribution in [0.3, 0.4) is 0 Å².